The van der Waals surface area contributed by atoms with E-state index in [4.69, 9.17) is 9.26 Å². The first-order valence-corrected chi connectivity index (χ1v) is 6.91. The lowest BCUT2D eigenvalue weighted by Crippen LogP contribution is -2.16. The van der Waals surface area contributed by atoms with Gasteiger partial charge in [-0.1, -0.05) is 17.3 Å². The van der Waals surface area contributed by atoms with Gasteiger partial charge in [0.25, 0.3) is 0 Å². The Labute approximate surface area is 114 Å². The molecule has 0 saturated heterocycles. The number of Topliss-reactive ketones (excluding diaryl/α,β-unsaturated/α-hetero) is 1. The van der Waals surface area contributed by atoms with Gasteiger partial charge in [-0.3, -0.25) is 4.79 Å². The fourth-order valence-electron chi connectivity index (χ4n) is 1.83. The quantitative estimate of drug-likeness (QED) is 0.857. The molecule has 6 heteroatoms. The van der Waals surface area contributed by atoms with E-state index in [-0.39, 0.29) is 18.3 Å². The van der Waals surface area contributed by atoms with E-state index in [0.717, 1.165) is 16.4 Å². The normalized spacial score (nSPS) is 17.6. The molecule has 0 saturated carbocycles. The zero-order valence-corrected chi connectivity index (χ0v) is 11.1. The van der Waals surface area contributed by atoms with Gasteiger partial charge in [0.1, 0.15) is 11.5 Å². The van der Waals surface area contributed by atoms with E-state index in [1.165, 1.54) is 6.92 Å². The molecule has 1 aliphatic heterocycles. The minimum Gasteiger partial charge on any atom is -0.480 e. The molecule has 2 aromatic rings. The van der Waals surface area contributed by atoms with E-state index < -0.39 is 0 Å². The molecule has 19 heavy (non-hydrogen) atoms. The van der Waals surface area contributed by atoms with Gasteiger partial charge in [0.2, 0.25) is 11.7 Å². The number of benzene rings is 1. The number of aromatic nitrogens is 2. The zero-order valence-electron chi connectivity index (χ0n) is 10.3. The number of thioether (sulfide) groups is 1. The smallest absolute Gasteiger partial charge is 0.234 e. The molecule has 1 atom stereocenters. The molecule has 98 valence electrons. The van der Waals surface area contributed by atoms with E-state index >= 15 is 0 Å². The third-order valence-electron chi connectivity index (χ3n) is 2.68. The van der Waals surface area contributed by atoms with Gasteiger partial charge in [-0.2, -0.15) is 4.98 Å². The fourth-order valence-corrected chi connectivity index (χ4v) is 2.81. The third-order valence-corrected chi connectivity index (χ3v) is 3.80. The number of ketones is 1. The van der Waals surface area contributed by atoms with Crippen molar-refractivity contribution in [2.75, 3.05) is 5.75 Å². The Morgan fingerprint density at radius 1 is 1.47 bits per heavy atom. The van der Waals surface area contributed by atoms with Gasteiger partial charge in [0.15, 0.2) is 6.10 Å². The summed E-state index contributed by atoms with van der Waals surface area (Å²) in [6, 6.07) is 7.85. The van der Waals surface area contributed by atoms with Crippen LogP contribution < -0.4 is 4.74 Å². The molecule has 0 N–H and O–H groups in total. The van der Waals surface area contributed by atoms with Crippen molar-refractivity contribution >= 4 is 17.5 Å². The minimum absolute atomic E-state index is 0.000479. The van der Waals surface area contributed by atoms with Gasteiger partial charge in [0, 0.05) is 10.6 Å². The first-order chi connectivity index (χ1) is 9.22. The molecule has 0 spiro atoms. The summed E-state index contributed by atoms with van der Waals surface area (Å²) in [5.74, 6) is 2.41. The highest BCUT2D eigenvalue weighted by molar-refractivity contribution is 7.99. The van der Waals surface area contributed by atoms with Crippen LogP contribution in [0.15, 0.2) is 33.7 Å². The molecule has 0 amide bonds. The Morgan fingerprint density at radius 2 is 2.32 bits per heavy atom. The lowest BCUT2D eigenvalue weighted by Gasteiger charge is -2.22. The number of fused-ring (bicyclic) bond motifs is 1. The SMILES string of the molecule is CC(=O)Cc1nc(C2CSc3ccccc3O2)no1. The number of carbonyl (C=O) groups is 1. The fraction of sp³-hybridized carbons (Fsp3) is 0.308. The number of para-hydroxylation sites is 1. The number of rotatable bonds is 3. The molecule has 0 bridgehead atoms. The van der Waals surface area contributed by atoms with Crippen molar-refractivity contribution in [2.45, 2.75) is 24.3 Å². The maximum Gasteiger partial charge on any atom is 0.234 e. The molecule has 2 heterocycles. The van der Waals surface area contributed by atoms with E-state index in [9.17, 15) is 4.79 Å². The molecule has 5 nitrogen and oxygen atoms in total. The van der Waals surface area contributed by atoms with Gasteiger partial charge in [0.05, 0.1) is 6.42 Å². The first kappa shape index (κ1) is 12.2. The minimum atomic E-state index is -0.232. The summed E-state index contributed by atoms with van der Waals surface area (Å²) in [4.78, 5) is 16.3. The van der Waals surface area contributed by atoms with Crippen molar-refractivity contribution in [1.82, 2.24) is 10.1 Å². The van der Waals surface area contributed by atoms with Crippen molar-refractivity contribution in [3.8, 4) is 5.75 Å². The predicted molar refractivity (Wildman–Crippen MR) is 69.2 cm³/mol. The second-order valence-corrected chi connectivity index (χ2v) is 5.35. The van der Waals surface area contributed by atoms with Crippen LogP contribution >= 0.6 is 11.8 Å². The number of hydrogen-bond acceptors (Lipinski definition) is 6. The predicted octanol–water partition coefficient (Wildman–Crippen LogP) is 2.43. The average molecular weight is 276 g/mol. The van der Waals surface area contributed by atoms with Crippen LogP contribution in [0.3, 0.4) is 0 Å². The zero-order chi connectivity index (χ0) is 13.2. The summed E-state index contributed by atoms with van der Waals surface area (Å²) >= 11 is 1.70. The second kappa shape index (κ2) is 5.05. The molecule has 0 aliphatic carbocycles. The van der Waals surface area contributed by atoms with E-state index in [0.29, 0.717) is 11.7 Å². The highest BCUT2D eigenvalue weighted by atomic mass is 32.2. The number of carbonyl (C=O) groups excluding carboxylic acids is 1. The number of hydrogen-bond donors (Lipinski definition) is 0. The number of nitrogens with zero attached hydrogens (tertiary/aromatic N) is 2. The average Bonchev–Trinajstić information content (AvgIpc) is 2.86. The van der Waals surface area contributed by atoms with Crippen molar-refractivity contribution in [1.29, 1.82) is 0 Å². The molecular formula is C13H12N2O3S. The molecule has 1 aliphatic rings. The summed E-state index contributed by atoms with van der Waals surface area (Å²) < 4.78 is 10.9. The standard InChI is InChI=1S/C13H12N2O3S/c1-8(16)6-12-14-13(15-18-12)10-7-19-11-5-3-2-4-9(11)17-10/h2-5,10H,6-7H2,1H3. The third kappa shape index (κ3) is 2.63. The molecule has 0 fully saturated rings. The molecule has 0 radical (unpaired) electrons. The largest absolute Gasteiger partial charge is 0.480 e. The Balaban J connectivity index is 1.77. The van der Waals surface area contributed by atoms with E-state index in [1.54, 1.807) is 11.8 Å². The van der Waals surface area contributed by atoms with E-state index in [2.05, 4.69) is 10.1 Å². The molecule has 1 aromatic carbocycles. The topological polar surface area (TPSA) is 65.2 Å². The Kier molecular flexibility index (Phi) is 3.25. The summed E-state index contributed by atoms with van der Waals surface area (Å²) in [7, 11) is 0. The summed E-state index contributed by atoms with van der Waals surface area (Å²) in [5, 5.41) is 3.89. The second-order valence-electron chi connectivity index (χ2n) is 4.29. The molecule has 1 aromatic heterocycles. The lowest BCUT2D eigenvalue weighted by atomic mass is 10.3. The molecular weight excluding hydrogens is 264 g/mol. The van der Waals surface area contributed by atoms with Gasteiger partial charge < -0.3 is 9.26 Å². The highest BCUT2D eigenvalue weighted by Crippen LogP contribution is 2.39. The van der Waals surface area contributed by atoms with Crippen LogP contribution in [-0.4, -0.2) is 21.7 Å². The Bertz CT molecular complexity index is 611. The summed E-state index contributed by atoms with van der Waals surface area (Å²) in [6.07, 6.45) is -0.0620. The van der Waals surface area contributed by atoms with Crippen LogP contribution in [0.2, 0.25) is 0 Å². The van der Waals surface area contributed by atoms with Crippen molar-refractivity contribution in [3.63, 3.8) is 0 Å². The van der Waals surface area contributed by atoms with Crippen LogP contribution in [0.25, 0.3) is 0 Å². The van der Waals surface area contributed by atoms with Crippen LogP contribution in [0.4, 0.5) is 0 Å². The Morgan fingerprint density at radius 3 is 3.16 bits per heavy atom. The van der Waals surface area contributed by atoms with E-state index in [1.807, 2.05) is 24.3 Å². The maximum absolute atomic E-state index is 11.0. The van der Waals surface area contributed by atoms with Gasteiger partial charge in [-0.05, 0) is 19.1 Å². The summed E-state index contributed by atoms with van der Waals surface area (Å²) in [6.45, 7) is 1.49. The van der Waals surface area contributed by atoms with Gasteiger partial charge in [-0.25, -0.2) is 0 Å². The molecule has 3 rings (SSSR count). The van der Waals surface area contributed by atoms with Crippen molar-refractivity contribution in [2.24, 2.45) is 0 Å². The van der Waals surface area contributed by atoms with Crippen LogP contribution in [0.1, 0.15) is 24.7 Å². The van der Waals surface area contributed by atoms with Gasteiger partial charge >= 0.3 is 0 Å². The lowest BCUT2D eigenvalue weighted by molar-refractivity contribution is -0.116. The van der Waals surface area contributed by atoms with Gasteiger partial charge in [-0.15, -0.1) is 11.8 Å². The van der Waals surface area contributed by atoms with Crippen LogP contribution in [-0.2, 0) is 11.2 Å². The maximum atomic E-state index is 11.0. The van der Waals surface area contributed by atoms with Crippen LogP contribution in [0, 0.1) is 0 Å². The van der Waals surface area contributed by atoms with Crippen LogP contribution in [0.5, 0.6) is 5.75 Å². The van der Waals surface area contributed by atoms with Crippen molar-refractivity contribution < 1.29 is 14.1 Å². The number of ether oxygens (including phenoxy) is 1. The van der Waals surface area contributed by atoms with Crippen molar-refractivity contribution in [3.05, 3.63) is 36.0 Å². The monoisotopic (exact) mass is 276 g/mol. The Hall–Kier alpha value is -1.82. The molecule has 1 unspecified atom stereocenters. The first-order valence-electron chi connectivity index (χ1n) is 5.93. The highest BCUT2D eigenvalue weighted by Gasteiger charge is 2.26. The summed E-state index contributed by atoms with van der Waals surface area (Å²) in [5.41, 5.74) is 0.